The molecule has 0 aromatic heterocycles. The van der Waals surface area contributed by atoms with Crippen molar-refractivity contribution in [2.24, 2.45) is 0 Å². The predicted octanol–water partition coefficient (Wildman–Crippen LogP) is 3.65. The van der Waals surface area contributed by atoms with Crippen molar-refractivity contribution < 1.29 is 23.8 Å². The summed E-state index contributed by atoms with van der Waals surface area (Å²) in [6.45, 7) is 0. The highest BCUT2D eigenvalue weighted by molar-refractivity contribution is 6.30. The zero-order chi connectivity index (χ0) is 19.1. The minimum Gasteiger partial charge on any atom is -0.493 e. The van der Waals surface area contributed by atoms with Gasteiger partial charge in [-0.15, -0.1) is 0 Å². The summed E-state index contributed by atoms with van der Waals surface area (Å²) in [6.07, 6.45) is 1.35. The smallest absolute Gasteiger partial charge is 0.348 e. The van der Waals surface area contributed by atoms with Crippen LogP contribution in [0.5, 0.6) is 11.5 Å². The molecule has 26 heavy (non-hydrogen) atoms. The number of carbonyl (C=O) groups is 2. The van der Waals surface area contributed by atoms with Crippen LogP contribution in [0.4, 0.5) is 0 Å². The normalized spacial score (nSPS) is 10.6. The van der Waals surface area contributed by atoms with E-state index in [9.17, 15) is 9.59 Å². The van der Waals surface area contributed by atoms with E-state index < -0.39 is 11.9 Å². The largest absolute Gasteiger partial charge is 0.493 e. The fourth-order valence-electron chi connectivity index (χ4n) is 2.02. The van der Waals surface area contributed by atoms with Gasteiger partial charge in [-0.1, -0.05) is 17.7 Å². The predicted molar refractivity (Wildman–Crippen MR) is 95.0 cm³/mol. The van der Waals surface area contributed by atoms with Crippen LogP contribution in [0.25, 0.3) is 6.08 Å². The van der Waals surface area contributed by atoms with Crippen LogP contribution in [0.15, 0.2) is 48.0 Å². The molecule has 0 bridgehead atoms. The monoisotopic (exact) mass is 371 g/mol. The van der Waals surface area contributed by atoms with Crippen molar-refractivity contribution in [3.05, 3.63) is 64.2 Å². The molecule has 0 aliphatic carbocycles. The van der Waals surface area contributed by atoms with E-state index in [1.807, 2.05) is 0 Å². The van der Waals surface area contributed by atoms with Crippen molar-refractivity contribution in [1.82, 2.24) is 0 Å². The minimum atomic E-state index is -0.746. The number of ether oxygens (including phenoxy) is 3. The molecule has 2 aromatic carbocycles. The van der Waals surface area contributed by atoms with Crippen LogP contribution in [0.1, 0.15) is 15.9 Å². The first kappa shape index (κ1) is 19.0. The van der Waals surface area contributed by atoms with Crippen molar-refractivity contribution in [2.75, 3.05) is 14.2 Å². The molecule has 2 rings (SSSR count). The molecule has 0 fully saturated rings. The maximum Gasteiger partial charge on any atom is 0.348 e. The van der Waals surface area contributed by atoms with Gasteiger partial charge in [0.1, 0.15) is 11.6 Å². The third-order valence-corrected chi connectivity index (χ3v) is 3.56. The number of methoxy groups -OCH3 is 2. The third-order valence-electron chi connectivity index (χ3n) is 3.31. The molecule has 0 heterocycles. The van der Waals surface area contributed by atoms with Crippen LogP contribution in [0, 0.1) is 11.3 Å². The van der Waals surface area contributed by atoms with Gasteiger partial charge >= 0.3 is 11.9 Å². The number of nitrogens with zero attached hydrogens (tertiary/aromatic N) is 1. The van der Waals surface area contributed by atoms with Gasteiger partial charge in [0.25, 0.3) is 0 Å². The maximum atomic E-state index is 12.2. The summed E-state index contributed by atoms with van der Waals surface area (Å²) in [5.41, 5.74) is 0.674. The van der Waals surface area contributed by atoms with Crippen molar-refractivity contribution >= 4 is 29.6 Å². The molecule has 0 saturated heterocycles. The van der Waals surface area contributed by atoms with Gasteiger partial charge in [0.15, 0.2) is 11.5 Å². The van der Waals surface area contributed by atoms with Crippen LogP contribution in [0.3, 0.4) is 0 Å². The third kappa shape index (κ3) is 4.62. The number of carbonyl (C=O) groups excluding carboxylic acids is 2. The van der Waals surface area contributed by atoms with Gasteiger partial charge in [-0.3, -0.25) is 0 Å². The summed E-state index contributed by atoms with van der Waals surface area (Å²) in [5.74, 6) is -0.857. The van der Waals surface area contributed by atoms with E-state index in [-0.39, 0.29) is 17.1 Å². The van der Waals surface area contributed by atoms with Gasteiger partial charge in [0, 0.05) is 5.02 Å². The fourth-order valence-corrected chi connectivity index (χ4v) is 2.14. The first-order valence-corrected chi connectivity index (χ1v) is 7.72. The van der Waals surface area contributed by atoms with Crippen LogP contribution < -0.4 is 9.47 Å². The van der Waals surface area contributed by atoms with Gasteiger partial charge in [0.2, 0.25) is 0 Å². The Morgan fingerprint density at radius 2 is 1.77 bits per heavy atom. The van der Waals surface area contributed by atoms with E-state index in [0.717, 1.165) is 0 Å². The van der Waals surface area contributed by atoms with Gasteiger partial charge in [-0.05, 0) is 48.0 Å². The first-order chi connectivity index (χ1) is 12.5. The van der Waals surface area contributed by atoms with Crippen LogP contribution in [-0.2, 0) is 9.53 Å². The molecule has 0 spiro atoms. The lowest BCUT2D eigenvalue weighted by Gasteiger charge is -2.10. The average molecular weight is 372 g/mol. The molecule has 0 amide bonds. The number of halogens is 1. The zero-order valence-corrected chi connectivity index (χ0v) is 14.7. The molecule has 132 valence electrons. The molecule has 0 saturated carbocycles. The number of rotatable bonds is 5. The number of nitriles is 1. The molecular weight excluding hydrogens is 358 g/mol. The second-order valence-electron chi connectivity index (χ2n) is 4.97. The van der Waals surface area contributed by atoms with Crippen molar-refractivity contribution in [3.63, 3.8) is 0 Å². The van der Waals surface area contributed by atoms with Crippen molar-refractivity contribution in [2.45, 2.75) is 0 Å². The van der Waals surface area contributed by atoms with Gasteiger partial charge in [0.05, 0.1) is 19.8 Å². The summed E-state index contributed by atoms with van der Waals surface area (Å²) in [4.78, 5) is 23.7. The van der Waals surface area contributed by atoms with Crippen molar-refractivity contribution in [3.8, 4) is 17.6 Å². The van der Waals surface area contributed by atoms with E-state index >= 15 is 0 Å². The van der Waals surface area contributed by atoms with E-state index in [1.54, 1.807) is 36.4 Å². The molecule has 7 heteroatoms. The number of esters is 2. The Morgan fingerprint density at radius 1 is 1.08 bits per heavy atom. The highest BCUT2D eigenvalue weighted by Crippen LogP contribution is 2.30. The number of hydrogen-bond donors (Lipinski definition) is 0. The van der Waals surface area contributed by atoms with Crippen LogP contribution in [0.2, 0.25) is 5.02 Å². The molecule has 6 nitrogen and oxygen atoms in total. The molecule has 0 N–H and O–H groups in total. The average Bonchev–Trinajstić information content (AvgIpc) is 2.66. The first-order valence-electron chi connectivity index (χ1n) is 7.34. The molecule has 0 atom stereocenters. The van der Waals surface area contributed by atoms with E-state index in [4.69, 9.17) is 26.3 Å². The SMILES string of the molecule is COC(=O)/C(C#N)=C/c1ccc(OC(=O)c2ccc(Cl)cc2)c(OC)c1. The fraction of sp³-hybridized carbons (Fsp3) is 0.105. The van der Waals surface area contributed by atoms with Gasteiger partial charge in [-0.2, -0.15) is 5.26 Å². The lowest BCUT2D eigenvalue weighted by Crippen LogP contribution is -2.09. The summed E-state index contributed by atoms with van der Waals surface area (Å²) in [7, 11) is 2.60. The Balaban J connectivity index is 2.27. The highest BCUT2D eigenvalue weighted by atomic mass is 35.5. The minimum absolute atomic E-state index is 0.166. The maximum absolute atomic E-state index is 12.2. The quantitative estimate of drug-likeness (QED) is 0.345. The van der Waals surface area contributed by atoms with Crippen molar-refractivity contribution in [1.29, 1.82) is 5.26 Å². The lowest BCUT2D eigenvalue weighted by molar-refractivity contribution is -0.135. The summed E-state index contributed by atoms with van der Waals surface area (Å²) in [5, 5.41) is 9.51. The second-order valence-corrected chi connectivity index (χ2v) is 5.40. The van der Waals surface area contributed by atoms with Gasteiger partial charge in [-0.25, -0.2) is 9.59 Å². The Morgan fingerprint density at radius 3 is 2.35 bits per heavy atom. The lowest BCUT2D eigenvalue weighted by atomic mass is 10.1. The summed E-state index contributed by atoms with van der Waals surface area (Å²) in [6, 6.07) is 12.6. The standard InChI is InChI=1S/C19H14ClNO5/c1-24-17-10-12(9-14(11-21)18(22)25-2)3-8-16(17)26-19(23)13-4-6-15(20)7-5-13/h3-10H,1-2H3/b14-9+. The second kappa shape index (κ2) is 8.70. The molecule has 0 unspecified atom stereocenters. The Bertz CT molecular complexity index is 897. The summed E-state index contributed by atoms with van der Waals surface area (Å²) >= 11 is 5.79. The molecule has 0 radical (unpaired) electrons. The zero-order valence-electron chi connectivity index (χ0n) is 14.0. The molecular formula is C19H14ClNO5. The van der Waals surface area contributed by atoms with E-state index in [0.29, 0.717) is 16.1 Å². The summed E-state index contributed by atoms with van der Waals surface area (Å²) < 4.78 is 15.1. The Hall–Kier alpha value is -3.30. The molecule has 0 aliphatic heterocycles. The number of benzene rings is 2. The van der Waals surface area contributed by atoms with E-state index in [1.165, 1.54) is 32.4 Å². The highest BCUT2D eigenvalue weighted by Gasteiger charge is 2.14. The topological polar surface area (TPSA) is 85.6 Å². The molecule has 0 aliphatic rings. The van der Waals surface area contributed by atoms with Gasteiger partial charge < -0.3 is 14.2 Å². The Kier molecular flexibility index (Phi) is 6.36. The molecule has 2 aromatic rings. The Labute approximate surface area is 155 Å². The number of hydrogen-bond acceptors (Lipinski definition) is 6. The van der Waals surface area contributed by atoms with Crippen LogP contribution in [-0.4, -0.2) is 26.2 Å². The van der Waals surface area contributed by atoms with Crippen LogP contribution >= 0.6 is 11.6 Å². The van der Waals surface area contributed by atoms with E-state index in [2.05, 4.69) is 4.74 Å².